The molecule has 1 aliphatic rings. The average molecular weight is 281 g/mol. The fourth-order valence-corrected chi connectivity index (χ4v) is 2.96. The molecule has 1 aromatic heterocycles. The first-order valence-corrected chi connectivity index (χ1v) is 7.50. The lowest BCUT2D eigenvalue weighted by atomic mass is 9.83. The highest BCUT2D eigenvalue weighted by molar-refractivity contribution is 6.29. The number of aromatic nitrogens is 1. The fraction of sp³-hybridized carbons (Fsp3) is 0.600. The van der Waals surface area contributed by atoms with E-state index in [1.54, 1.807) is 18.2 Å². The number of rotatable bonds is 4. The zero-order valence-electron chi connectivity index (χ0n) is 11.4. The second-order valence-corrected chi connectivity index (χ2v) is 5.71. The first-order chi connectivity index (χ1) is 9.19. The molecule has 0 spiro atoms. The molecule has 3 nitrogen and oxygen atoms in total. The van der Waals surface area contributed by atoms with Gasteiger partial charge in [0.25, 0.3) is 5.91 Å². The Kier molecular flexibility index (Phi) is 5.20. The van der Waals surface area contributed by atoms with Gasteiger partial charge in [-0.3, -0.25) is 4.79 Å². The van der Waals surface area contributed by atoms with Gasteiger partial charge >= 0.3 is 0 Å². The van der Waals surface area contributed by atoms with Crippen LogP contribution in [0.25, 0.3) is 0 Å². The molecule has 0 aliphatic heterocycles. The Morgan fingerprint density at radius 1 is 1.37 bits per heavy atom. The van der Waals surface area contributed by atoms with E-state index in [1.807, 2.05) is 0 Å². The molecule has 1 aromatic rings. The molecule has 104 valence electrons. The highest BCUT2D eigenvalue weighted by Crippen LogP contribution is 2.27. The van der Waals surface area contributed by atoms with E-state index in [9.17, 15) is 4.79 Å². The molecular formula is C15H21ClN2O. The highest BCUT2D eigenvalue weighted by Gasteiger charge is 2.22. The van der Waals surface area contributed by atoms with Gasteiger partial charge in [0.2, 0.25) is 0 Å². The Hall–Kier alpha value is -1.09. The molecule has 1 heterocycles. The van der Waals surface area contributed by atoms with E-state index in [2.05, 4.69) is 17.2 Å². The lowest BCUT2D eigenvalue weighted by Crippen LogP contribution is -2.38. The minimum absolute atomic E-state index is 0.110. The predicted molar refractivity (Wildman–Crippen MR) is 77.4 cm³/mol. The normalized spacial score (nSPS) is 23.1. The predicted octanol–water partition coefficient (Wildman–Crippen LogP) is 3.82. The zero-order chi connectivity index (χ0) is 13.7. The summed E-state index contributed by atoms with van der Waals surface area (Å²) in [6.07, 6.45) is 7.18. The summed E-state index contributed by atoms with van der Waals surface area (Å²) in [5.41, 5.74) is 0.406. The molecule has 0 saturated heterocycles. The van der Waals surface area contributed by atoms with E-state index in [0.29, 0.717) is 16.9 Å². The molecule has 0 atom stereocenters. The van der Waals surface area contributed by atoms with Crippen molar-refractivity contribution < 1.29 is 4.79 Å². The third-order valence-corrected chi connectivity index (χ3v) is 4.04. The summed E-state index contributed by atoms with van der Waals surface area (Å²) in [5.74, 6) is 0.740. The van der Waals surface area contributed by atoms with Crippen molar-refractivity contribution >= 4 is 17.5 Å². The third-order valence-electron chi connectivity index (χ3n) is 3.83. The number of amides is 1. The van der Waals surface area contributed by atoms with Crippen molar-refractivity contribution in [2.24, 2.45) is 5.92 Å². The SMILES string of the molecule is CCCC1CCC(NC(=O)c2cccc(Cl)n2)CC1. The molecule has 1 N–H and O–H groups in total. The van der Waals surface area contributed by atoms with Crippen molar-refractivity contribution in [3.8, 4) is 0 Å². The highest BCUT2D eigenvalue weighted by atomic mass is 35.5. The summed E-state index contributed by atoms with van der Waals surface area (Å²) in [6.45, 7) is 2.23. The van der Waals surface area contributed by atoms with Gasteiger partial charge in [-0.15, -0.1) is 0 Å². The zero-order valence-corrected chi connectivity index (χ0v) is 12.1. The van der Waals surface area contributed by atoms with Crippen LogP contribution >= 0.6 is 11.6 Å². The van der Waals surface area contributed by atoms with Gasteiger partial charge in [0.1, 0.15) is 10.8 Å². The summed E-state index contributed by atoms with van der Waals surface area (Å²) in [6, 6.07) is 5.42. The van der Waals surface area contributed by atoms with Gasteiger partial charge < -0.3 is 5.32 Å². The lowest BCUT2D eigenvalue weighted by Gasteiger charge is -2.28. The largest absolute Gasteiger partial charge is 0.348 e. The van der Waals surface area contributed by atoms with Gasteiger partial charge in [0, 0.05) is 6.04 Å². The van der Waals surface area contributed by atoms with Crippen LogP contribution in [0.2, 0.25) is 5.15 Å². The number of nitrogens with zero attached hydrogens (tertiary/aromatic N) is 1. The second-order valence-electron chi connectivity index (χ2n) is 5.33. The fourth-order valence-electron chi connectivity index (χ4n) is 2.80. The van der Waals surface area contributed by atoms with Crippen molar-refractivity contribution in [3.05, 3.63) is 29.0 Å². The van der Waals surface area contributed by atoms with Crippen LogP contribution in [0.3, 0.4) is 0 Å². The second kappa shape index (κ2) is 6.90. The summed E-state index contributed by atoms with van der Waals surface area (Å²) in [5, 5.41) is 3.43. The average Bonchev–Trinajstić information content (AvgIpc) is 2.41. The number of halogens is 1. The maximum Gasteiger partial charge on any atom is 0.270 e. The number of nitrogens with one attached hydrogen (secondary N) is 1. The van der Waals surface area contributed by atoms with E-state index in [1.165, 1.54) is 25.7 Å². The van der Waals surface area contributed by atoms with Crippen molar-refractivity contribution in [2.45, 2.75) is 51.5 Å². The van der Waals surface area contributed by atoms with Crippen LogP contribution < -0.4 is 5.32 Å². The van der Waals surface area contributed by atoms with Crippen molar-refractivity contribution in [1.29, 1.82) is 0 Å². The topological polar surface area (TPSA) is 42.0 Å². The van der Waals surface area contributed by atoms with Gasteiger partial charge in [-0.2, -0.15) is 0 Å². The molecule has 1 amide bonds. The van der Waals surface area contributed by atoms with Crippen LogP contribution in [-0.2, 0) is 0 Å². The molecule has 4 heteroatoms. The van der Waals surface area contributed by atoms with Gasteiger partial charge in [0.15, 0.2) is 0 Å². The molecule has 0 radical (unpaired) electrons. The number of hydrogen-bond acceptors (Lipinski definition) is 2. The number of hydrogen-bond donors (Lipinski definition) is 1. The van der Waals surface area contributed by atoms with Crippen LogP contribution in [-0.4, -0.2) is 16.9 Å². The monoisotopic (exact) mass is 280 g/mol. The van der Waals surface area contributed by atoms with Crippen LogP contribution in [0, 0.1) is 5.92 Å². The Balaban J connectivity index is 1.84. The molecule has 1 aliphatic carbocycles. The van der Waals surface area contributed by atoms with Crippen molar-refractivity contribution in [2.75, 3.05) is 0 Å². The molecule has 0 unspecified atom stereocenters. The standard InChI is InChI=1S/C15H21ClN2O/c1-2-4-11-7-9-12(10-8-11)17-15(19)13-5-3-6-14(16)18-13/h3,5-6,11-12H,2,4,7-10H2,1H3,(H,17,19). The first-order valence-electron chi connectivity index (χ1n) is 7.12. The van der Waals surface area contributed by atoms with Crippen LogP contribution in [0.4, 0.5) is 0 Å². The Morgan fingerprint density at radius 2 is 2.11 bits per heavy atom. The van der Waals surface area contributed by atoms with Crippen molar-refractivity contribution in [1.82, 2.24) is 10.3 Å². The Labute approximate surface area is 119 Å². The number of pyridine rings is 1. The summed E-state index contributed by atoms with van der Waals surface area (Å²) >= 11 is 5.79. The van der Waals surface area contributed by atoms with E-state index in [4.69, 9.17) is 11.6 Å². The third kappa shape index (κ3) is 4.20. The molecule has 19 heavy (non-hydrogen) atoms. The van der Waals surface area contributed by atoms with Gasteiger partial charge in [0.05, 0.1) is 0 Å². The van der Waals surface area contributed by atoms with Gasteiger partial charge in [-0.05, 0) is 43.7 Å². The lowest BCUT2D eigenvalue weighted by molar-refractivity contribution is 0.0916. The van der Waals surface area contributed by atoms with Crippen LogP contribution in [0.15, 0.2) is 18.2 Å². The summed E-state index contributed by atoms with van der Waals surface area (Å²) in [7, 11) is 0. The Morgan fingerprint density at radius 3 is 2.74 bits per heavy atom. The summed E-state index contributed by atoms with van der Waals surface area (Å²) in [4.78, 5) is 16.1. The van der Waals surface area contributed by atoms with Crippen LogP contribution in [0.1, 0.15) is 55.9 Å². The first kappa shape index (κ1) is 14.3. The van der Waals surface area contributed by atoms with Crippen LogP contribution in [0.5, 0.6) is 0 Å². The quantitative estimate of drug-likeness (QED) is 0.852. The minimum atomic E-state index is -0.110. The maximum atomic E-state index is 12.0. The molecule has 0 aromatic carbocycles. The Bertz CT molecular complexity index is 428. The van der Waals surface area contributed by atoms with E-state index < -0.39 is 0 Å². The summed E-state index contributed by atoms with van der Waals surface area (Å²) < 4.78 is 0. The maximum absolute atomic E-state index is 12.0. The van der Waals surface area contributed by atoms with Crippen molar-refractivity contribution in [3.63, 3.8) is 0 Å². The number of carbonyl (C=O) groups is 1. The molecule has 1 fully saturated rings. The number of carbonyl (C=O) groups excluding carboxylic acids is 1. The molecule has 0 bridgehead atoms. The van der Waals surface area contributed by atoms with Gasteiger partial charge in [-0.25, -0.2) is 4.98 Å². The molecule has 2 rings (SSSR count). The smallest absolute Gasteiger partial charge is 0.270 e. The van der Waals surface area contributed by atoms with Gasteiger partial charge in [-0.1, -0.05) is 37.4 Å². The van der Waals surface area contributed by atoms with E-state index in [0.717, 1.165) is 18.8 Å². The van der Waals surface area contributed by atoms with E-state index >= 15 is 0 Å². The van der Waals surface area contributed by atoms with E-state index in [-0.39, 0.29) is 5.91 Å². The molecule has 1 saturated carbocycles. The minimum Gasteiger partial charge on any atom is -0.348 e. The molecular weight excluding hydrogens is 260 g/mol.